The lowest BCUT2D eigenvalue weighted by atomic mass is 10.3. The molecule has 0 radical (unpaired) electrons. The quantitative estimate of drug-likeness (QED) is 0.667. The first-order valence-electron chi connectivity index (χ1n) is 6.11. The monoisotopic (exact) mass is 330 g/mol. The Balaban J connectivity index is 1.95. The molecule has 0 amide bonds. The number of nitrogens with two attached hydrogens (primary N) is 1. The number of nitrogens with one attached hydrogen (secondary N) is 1. The molecule has 0 saturated carbocycles. The van der Waals surface area contributed by atoms with Gasteiger partial charge in [-0.15, -0.1) is 11.3 Å². The zero-order valence-electron chi connectivity index (χ0n) is 11.5. The second kappa shape index (κ2) is 6.65. The van der Waals surface area contributed by atoms with Crippen molar-refractivity contribution in [3.63, 3.8) is 0 Å². The number of benzene rings is 1. The molecule has 9 heteroatoms. The molecule has 22 heavy (non-hydrogen) atoms. The Labute approximate surface area is 128 Å². The molecule has 0 aliphatic heterocycles. The molecule has 2 aromatic rings. The Morgan fingerprint density at radius 1 is 1.36 bits per heavy atom. The van der Waals surface area contributed by atoms with E-state index >= 15 is 0 Å². The number of ether oxygens (including phenoxy) is 1. The molecule has 1 aromatic carbocycles. The Morgan fingerprint density at radius 3 is 2.59 bits per heavy atom. The van der Waals surface area contributed by atoms with Gasteiger partial charge in [0.25, 0.3) is 0 Å². The van der Waals surface area contributed by atoms with Crippen LogP contribution >= 0.6 is 11.3 Å². The van der Waals surface area contributed by atoms with Crippen LogP contribution in [0, 0.1) is 0 Å². The normalized spacial score (nSPS) is 12.3. The van der Waals surface area contributed by atoms with E-state index < -0.39 is 11.9 Å². The highest BCUT2D eigenvalue weighted by Crippen LogP contribution is 2.30. The molecule has 0 fully saturated rings. The molecule has 0 spiro atoms. The lowest BCUT2D eigenvalue weighted by Gasteiger charge is -2.06. The molecule has 2 rings (SSSR count). The first-order valence-corrected chi connectivity index (χ1v) is 6.99. The highest BCUT2D eigenvalue weighted by molar-refractivity contribution is 7.09. The van der Waals surface area contributed by atoms with Gasteiger partial charge in [0.1, 0.15) is 10.8 Å². The summed E-state index contributed by atoms with van der Waals surface area (Å²) in [6.45, 7) is -0.0181. The molecule has 118 valence electrons. The maximum Gasteiger partial charge on any atom is 0.434 e. The minimum absolute atomic E-state index is 0.0181. The van der Waals surface area contributed by atoms with Gasteiger partial charge in [0.05, 0.1) is 13.7 Å². The molecule has 0 bridgehead atoms. The number of hydrogen-bond acceptors (Lipinski definition) is 4. The van der Waals surface area contributed by atoms with Crippen molar-refractivity contribution in [2.75, 3.05) is 12.4 Å². The lowest BCUT2D eigenvalue weighted by Crippen LogP contribution is -2.22. The first-order chi connectivity index (χ1) is 10.4. The minimum Gasteiger partial charge on any atom is -0.497 e. The Kier molecular flexibility index (Phi) is 4.86. The van der Waals surface area contributed by atoms with E-state index in [1.807, 2.05) is 0 Å². The first kappa shape index (κ1) is 16.1. The molecule has 1 heterocycles. The van der Waals surface area contributed by atoms with Gasteiger partial charge in [-0.3, -0.25) is 0 Å². The van der Waals surface area contributed by atoms with Crippen LogP contribution in [-0.2, 0) is 12.7 Å². The van der Waals surface area contributed by atoms with Crippen molar-refractivity contribution in [1.29, 1.82) is 0 Å². The summed E-state index contributed by atoms with van der Waals surface area (Å²) in [5, 5.41) is 4.03. The Bertz CT molecular complexity index is 652. The molecule has 0 aliphatic carbocycles. The Morgan fingerprint density at radius 2 is 2.05 bits per heavy atom. The number of halogens is 3. The standard InChI is InChI=1S/C13H13F3N4OS/c1-21-9-4-2-8(3-5-9)19-12(17)18-6-11-20-10(7-22-11)13(14,15)16/h2-5,7H,6H2,1H3,(H3,17,18,19). The summed E-state index contributed by atoms with van der Waals surface area (Å²) in [7, 11) is 1.56. The zero-order valence-corrected chi connectivity index (χ0v) is 12.3. The summed E-state index contributed by atoms with van der Waals surface area (Å²) in [5.41, 5.74) is 5.46. The molecular formula is C13H13F3N4OS. The number of guanidine groups is 1. The van der Waals surface area contributed by atoms with Crippen LogP contribution in [0.4, 0.5) is 18.9 Å². The summed E-state index contributed by atoms with van der Waals surface area (Å²) >= 11 is 0.892. The van der Waals surface area contributed by atoms with Gasteiger partial charge in [0.2, 0.25) is 0 Å². The van der Waals surface area contributed by atoms with E-state index in [2.05, 4.69) is 15.3 Å². The third kappa shape index (κ3) is 4.35. The summed E-state index contributed by atoms with van der Waals surface area (Å²) in [5.74, 6) is 0.789. The van der Waals surface area contributed by atoms with E-state index in [-0.39, 0.29) is 17.5 Å². The van der Waals surface area contributed by atoms with Crippen LogP contribution in [-0.4, -0.2) is 18.1 Å². The third-order valence-electron chi connectivity index (χ3n) is 2.59. The summed E-state index contributed by atoms with van der Waals surface area (Å²) in [4.78, 5) is 7.43. The van der Waals surface area contributed by atoms with E-state index in [4.69, 9.17) is 10.5 Å². The van der Waals surface area contributed by atoms with E-state index in [1.165, 1.54) is 0 Å². The van der Waals surface area contributed by atoms with Crippen LogP contribution < -0.4 is 15.8 Å². The molecule has 5 nitrogen and oxygen atoms in total. The minimum atomic E-state index is -4.44. The highest BCUT2D eigenvalue weighted by atomic mass is 32.1. The van der Waals surface area contributed by atoms with Crippen LogP contribution in [0.25, 0.3) is 0 Å². The van der Waals surface area contributed by atoms with Crippen LogP contribution in [0.2, 0.25) is 0 Å². The number of anilines is 1. The third-order valence-corrected chi connectivity index (χ3v) is 3.42. The SMILES string of the molecule is COc1ccc(NC(N)=NCc2nc(C(F)(F)F)cs2)cc1. The molecule has 3 N–H and O–H groups in total. The number of thiazole rings is 1. The molecule has 0 aliphatic rings. The highest BCUT2D eigenvalue weighted by Gasteiger charge is 2.33. The number of nitrogens with zero attached hydrogens (tertiary/aromatic N) is 2. The van der Waals surface area contributed by atoms with Gasteiger partial charge in [-0.1, -0.05) is 0 Å². The van der Waals surface area contributed by atoms with Crippen molar-refractivity contribution in [1.82, 2.24) is 4.98 Å². The smallest absolute Gasteiger partial charge is 0.434 e. The van der Waals surface area contributed by atoms with Crippen LogP contribution in [0.1, 0.15) is 10.7 Å². The largest absolute Gasteiger partial charge is 0.497 e. The van der Waals surface area contributed by atoms with Crippen molar-refractivity contribution in [2.24, 2.45) is 10.7 Å². The van der Waals surface area contributed by atoms with Gasteiger partial charge in [0, 0.05) is 11.1 Å². The lowest BCUT2D eigenvalue weighted by molar-refractivity contribution is -0.140. The van der Waals surface area contributed by atoms with Crippen LogP contribution in [0.15, 0.2) is 34.6 Å². The predicted octanol–water partition coefficient (Wildman–Crippen LogP) is 3.10. The number of hydrogen-bond donors (Lipinski definition) is 2. The van der Waals surface area contributed by atoms with Crippen LogP contribution in [0.5, 0.6) is 5.75 Å². The summed E-state index contributed by atoms with van der Waals surface area (Å²) in [6.07, 6.45) is -4.44. The number of aromatic nitrogens is 1. The van der Waals surface area contributed by atoms with Crippen molar-refractivity contribution < 1.29 is 17.9 Å². The zero-order chi connectivity index (χ0) is 16.2. The average molecular weight is 330 g/mol. The number of aliphatic imine (C=N–C) groups is 1. The van der Waals surface area contributed by atoms with Gasteiger partial charge in [0.15, 0.2) is 11.7 Å². The van der Waals surface area contributed by atoms with Gasteiger partial charge < -0.3 is 15.8 Å². The Hall–Kier alpha value is -2.29. The summed E-state index contributed by atoms with van der Waals surface area (Å²) in [6, 6.07) is 6.97. The average Bonchev–Trinajstić information content (AvgIpc) is 2.95. The van der Waals surface area contributed by atoms with Crippen molar-refractivity contribution in [3.8, 4) is 5.75 Å². The van der Waals surface area contributed by atoms with Gasteiger partial charge in [-0.2, -0.15) is 13.2 Å². The number of methoxy groups -OCH3 is 1. The van der Waals surface area contributed by atoms with Gasteiger partial charge >= 0.3 is 6.18 Å². The van der Waals surface area contributed by atoms with Crippen molar-refractivity contribution in [2.45, 2.75) is 12.7 Å². The van der Waals surface area contributed by atoms with E-state index in [1.54, 1.807) is 31.4 Å². The maximum atomic E-state index is 12.4. The van der Waals surface area contributed by atoms with Crippen molar-refractivity contribution >= 4 is 23.0 Å². The van der Waals surface area contributed by atoms with Gasteiger partial charge in [-0.25, -0.2) is 9.98 Å². The fourth-order valence-corrected chi connectivity index (χ4v) is 2.25. The molecular weight excluding hydrogens is 317 g/mol. The van der Waals surface area contributed by atoms with E-state index in [9.17, 15) is 13.2 Å². The maximum absolute atomic E-state index is 12.4. The molecule has 0 atom stereocenters. The predicted molar refractivity (Wildman–Crippen MR) is 79.1 cm³/mol. The topological polar surface area (TPSA) is 72.5 Å². The van der Waals surface area contributed by atoms with E-state index in [0.717, 1.165) is 16.7 Å². The molecule has 0 saturated heterocycles. The van der Waals surface area contributed by atoms with E-state index in [0.29, 0.717) is 11.4 Å². The van der Waals surface area contributed by atoms with Crippen molar-refractivity contribution in [3.05, 3.63) is 40.3 Å². The van der Waals surface area contributed by atoms with Crippen LogP contribution in [0.3, 0.4) is 0 Å². The summed E-state index contributed by atoms with van der Waals surface area (Å²) < 4.78 is 42.3. The fourth-order valence-electron chi connectivity index (χ4n) is 1.53. The molecule has 1 aromatic heterocycles. The second-order valence-electron chi connectivity index (χ2n) is 4.18. The number of rotatable bonds is 4. The number of alkyl halides is 3. The second-order valence-corrected chi connectivity index (χ2v) is 5.12. The fraction of sp³-hybridized carbons (Fsp3) is 0.231. The molecule has 0 unspecified atom stereocenters. The van der Waals surface area contributed by atoms with Gasteiger partial charge in [-0.05, 0) is 24.3 Å².